The van der Waals surface area contributed by atoms with Crippen molar-refractivity contribution in [2.24, 2.45) is 0 Å². The van der Waals surface area contributed by atoms with Crippen LogP contribution in [0.15, 0.2) is 24.3 Å². The number of carbonyl (C=O) groups excluding carboxylic acids is 1. The minimum atomic E-state index is -0.0790. The molecular weight excluding hydrogens is 240 g/mol. The average Bonchev–Trinajstić information content (AvgIpc) is 2.39. The van der Waals surface area contributed by atoms with Crippen LogP contribution in [-0.4, -0.2) is 31.6 Å². The van der Waals surface area contributed by atoms with Crippen LogP contribution in [0.1, 0.15) is 25.3 Å². The van der Waals surface area contributed by atoms with Gasteiger partial charge < -0.3 is 15.4 Å². The molecule has 1 aromatic rings. The number of nitrogens with one attached hydrogen (secondary N) is 2. The van der Waals surface area contributed by atoms with E-state index in [9.17, 15) is 4.79 Å². The number of piperidine rings is 1. The maximum Gasteiger partial charge on any atom is 0.224 e. The molecule has 2 N–H and O–H groups in total. The Morgan fingerprint density at radius 3 is 2.74 bits per heavy atom. The highest BCUT2D eigenvalue weighted by molar-refractivity contribution is 5.80. The number of para-hydroxylation sites is 1. The van der Waals surface area contributed by atoms with Crippen LogP contribution in [0.25, 0.3) is 0 Å². The number of ether oxygens (including phenoxy) is 1. The van der Waals surface area contributed by atoms with E-state index in [1.165, 1.54) is 0 Å². The van der Waals surface area contributed by atoms with Crippen LogP contribution < -0.4 is 15.4 Å². The quantitative estimate of drug-likeness (QED) is 0.864. The van der Waals surface area contributed by atoms with E-state index in [2.05, 4.69) is 17.6 Å². The van der Waals surface area contributed by atoms with Crippen LogP contribution in [0.3, 0.4) is 0 Å². The number of hydrogen-bond acceptors (Lipinski definition) is 3. The van der Waals surface area contributed by atoms with Gasteiger partial charge in [-0.2, -0.15) is 0 Å². The molecule has 1 amide bonds. The van der Waals surface area contributed by atoms with E-state index < -0.39 is 0 Å². The second kappa shape index (κ2) is 6.06. The predicted molar refractivity (Wildman–Crippen MR) is 75.3 cm³/mol. The molecule has 4 nitrogen and oxygen atoms in total. The van der Waals surface area contributed by atoms with Crippen molar-refractivity contribution in [3.05, 3.63) is 29.8 Å². The molecule has 0 saturated carbocycles. The Morgan fingerprint density at radius 2 is 2.05 bits per heavy atom. The van der Waals surface area contributed by atoms with E-state index >= 15 is 0 Å². The Kier molecular flexibility index (Phi) is 4.43. The summed E-state index contributed by atoms with van der Waals surface area (Å²) < 4.78 is 5.27. The molecule has 1 heterocycles. The van der Waals surface area contributed by atoms with Crippen molar-refractivity contribution in [3.63, 3.8) is 0 Å². The van der Waals surface area contributed by atoms with Crippen LogP contribution in [0.2, 0.25) is 0 Å². The first-order valence-corrected chi connectivity index (χ1v) is 6.77. The molecule has 1 aliphatic rings. The lowest BCUT2D eigenvalue weighted by Crippen LogP contribution is -2.52. The summed E-state index contributed by atoms with van der Waals surface area (Å²) in [7, 11) is 1.63. The average molecular weight is 262 g/mol. The van der Waals surface area contributed by atoms with Gasteiger partial charge in [0.05, 0.1) is 13.5 Å². The van der Waals surface area contributed by atoms with Crippen molar-refractivity contribution >= 4 is 5.91 Å². The smallest absolute Gasteiger partial charge is 0.224 e. The number of benzene rings is 1. The van der Waals surface area contributed by atoms with E-state index in [0.717, 1.165) is 37.2 Å². The van der Waals surface area contributed by atoms with Gasteiger partial charge in [-0.1, -0.05) is 18.2 Å². The van der Waals surface area contributed by atoms with Crippen molar-refractivity contribution in [3.8, 4) is 5.75 Å². The predicted octanol–water partition coefficient (Wildman–Crippen LogP) is 1.50. The fourth-order valence-electron chi connectivity index (χ4n) is 2.51. The summed E-state index contributed by atoms with van der Waals surface area (Å²) >= 11 is 0. The van der Waals surface area contributed by atoms with Crippen LogP contribution in [0.5, 0.6) is 5.75 Å². The van der Waals surface area contributed by atoms with E-state index in [-0.39, 0.29) is 11.4 Å². The molecule has 1 aliphatic heterocycles. The molecule has 104 valence electrons. The molecule has 1 saturated heterocycles. The van der Waals surface area contributed by atoms with Gasteiger partial charge in [-0.3, -0.25) is 4.79 Å². The maximum absolute atomic E-state index is 12.2. The standard InChI is InChI=1S/C15H22N2O2/c1-15(7-9-16-10-8-15)17-14(18)11-12-5-3-4-6-13(12)19-2/h3-6,16H,7-11H2,1-2H3,(H,17,18). The first-order valence-electron chi connectivity index (χ1n) is 6.77. The molecule has 0 unspecified atom stereocenters. The lowest BCUT2D eigenvalue weighted by Gasteiger charge is -2.35. The Morgan fingerprint density at radius 1 is 1.37 bits per heavy atom. The van der Waals surface area contributed by atoms with E-state index in [4.69, 9.17) is 4.74 Å². The topological polar surface area (TPSA) is 50.4 Å². The molecule has 4 heteroatoms. The Hall–Kier alpha value is -1.55. The van der Waals surface area contributed by atoms with Gasteiger partial charge in [-0.15, -0.1) is 0 Å². The molecule has 0 radical (unpaired) electrons. The zero-order valence-electron chi connectivity index (χ0n) is 11.7. The first-order chi connectivity index (χ1) is 9.13. The van der Waals surface area contributed by atoms with E-state index in [1.807, 2.05) is 24.3 Å². The third kappa shape index (κ3) is 3.70. The summed E-state index contributed by atoms with van der Waals surface area (Å²) in [4.78, 5) is 12.2. The largest absolute Gasteiger partial charge is 0.496 e. The van der Waals surface area contributed by atoms with E-state index in [1.54, 1.807) is 7.11 Å². The number of amides is 1. The highest BCUT2D eigenvalue weighted by Crippen LogP contribution is 2.20. The zero-order chi connectivity index (χ0) is 13.7. The van der Waals surface area contributed by atoms with Crippen molar-refractivity contribution in [2.75, 3.05) is 20.2 Å². The molecule has 0 aliphatic carbocycles. The zero-order valence-corrected chi connectivity index (χ0v) is 11.7. The van der Waals surface area contributed by atoms with Crippen molar-refractivity contribution in [2.45, 2.75) is 31.7 Å². The molecule has 1 fully saturated rings. The van der Waals surface area contributed by atoms with Crippen LogP contribution >= 0.6 is 0 Å². The van der Waals surface area contributed by atoms with Crippen LogP contribution in [0, 0.1) is 0 Å². The molecule has 0 aromatic heterocycles. The van der Waals surface area contributed by atoms with Gasteiger partial charge in [0.2, 0.25) is 5.91 Å². The SMILES string of the molecule is COc1ccccc1CC(=O)NC1(C)CCNCC1. The summed E-state index contributed by atoms with van der Waals surface area (Å²) in [5.74, 6) is 0.835. The van der Waals surface area contributed by atoms with E-state index in [0.29, 0.717) is 6.42 Å². The fraction of sp³-hybridized carbons (Fsp3) is 0.533. The lowest BCUT2D eigenvalue weighted by molar-refractivity contribution is -0.122. The van der Waals surface area contributed by atoms with Crippen LogP contribution in [0.4, 0.5) is 0 Å². The number of rotatable bonds is 4. The monoisotopic (exact) mass is 262 g/mol. The normalized spacial score (nSPS) is 17.8. The molecule has 19 heavy (non-hydrogen) atoms. The second-order valence-corrected chi connectivity index (χ2v) is 5.35. The third-order valence-electron chi connectivity index (χ3n) is 3.69. The van der Waals surface area contributed by atoms with Crippen LogP contribution in [-0.2, 0) is 11.2 Å². The van der Waals surface area contributed by atoms with Gasteiger partial charge in [0, 0.05) is 11.1 Å². The number of carbonyl (C=O) groups is 1. The lowest BCUT2D eigenvalue weighted by atomic mass is 9.90. The minimum Gasteiger partial charge on any atom is -0.496 e. The van der Waals surface area contributed by atoms with Crippen molar-refractivity contribution in [1.82, 2.24) is 10.6 Å². The fourth-order valence-corrected chi connectivity index (χ4v) is 2.51. The van der Waals surface area contributed by atoms with Crippen molar-refractivity contribution < 1.29 is 9.53 Å². The van der Waals surface area contributed by atoms with Gasteiger partial charge in [0.1, 0.15) is 5.75 Å². The van der Waals surface area contributed by atoms with Gasteiger partial charge in [-0.25, -0.2) is 0 Å². The summed E-state index contributed by atoms with van der Waals surface area (Å²) in [5, 5.41) is 6.47. The van der Waals surface area contributed by atoms with Gasteiger partial charge in [0.25, 0.3) is 0 Å². The summed E-state index contributed by atoms with van der Waals surface area (Å²) in [6, 6.07) is 7.66. The van der Waals surface area contributed by atoms with Crippen molar-refractivity contribution in [1.29, 1.82) is 0 Å². The number of hydrogen-bond donors (Lipinski definition) is 2. The Bertz CT molecular complexity index is 440. The molecular formula is C15H22N2O2. The molecule has 0 atom stereocenters. The number of methoxy groups -OCH3 is 1. The minimum absolute atomic E-state index is 0.0638. The summed E-state index contributed by atoms with van der Waals surface area (Å²) in [6.45, 7) is 4.05. The van der Waals surface area contributed by atoms with Gasteiger partial charge in [-0.05, 0) is 38.9 Å². The summed E-state index contributed by atoms with van der Waals surface area (Å²) in [5.41, 5.74) is 0.852. The Labute approximate surface area is 114 Å². The Balaban J connectivity index is 1.97. The summed E-state index contributed by atoms with van der Waals surface area (Å²) in [6.07, 6.45) is 2.32. The highest BCUT2D eigenvalue weighted by atomic mass is 16.5. The van der Waals surface area contributed by atoms with Gasteiger partial charge >= 0.3 is 0 Å². The molecule has 0 spiro atoms. The van der Waals surface area contributed by atoms with Gasteiger partial charge in [0.15, 0.2) is 0 Å². The third-order valence-corrected chi connectivity index (χ3v) is 3.69. The molecule has 1 aromatic carbocycles. The second-order valence-electron chi connectivity index (χ2n) is 5.35. The maximum atomic E-state index is 12.2. The highest BCUT2D eigenvalue weighted by Gasteiger charge is 2.28. The molecule has 0 bridgehead atoms. The molecule has 2 rings (SSSR count). The first kappa shape index (κ1) is 13.9.